The molecule has 0 N–H and O–H groups in total. The summed E-state index contributed by atoms with van der Waals surface area (Å²) in [5.41, 5.74) is 0.487. The van der Waals surface area contributed by atoms with Gasteiger partial charge >= 0.3 is 5.69 Å². The largest absolute Gasteiger partial charge is 0.346 e. The summed E-state index contributed by atoms with van der Waals surface area (Å²) in [6, 6.07) is 0. The van der Waals surface area contributed by atoms with Crippen LogP contribution in [-0.2, 0) is 20.0 Å². The Morgan fingerprint density at radius 1 is 1.50 bits per heavy atom. The number of nitro groups is 1. The van der Waals surface area contributed by atoms with E-state index >= 15 is 0 Å². The lowest BCUT2D eigenvalue weighted by molar-refractivity contribution is -0.384. The van der Waals surface area contributed by atoms with Crippen molar-refractivity contribution in [3.63, 3.8) is 0 Å². The highest BCUT2D eigenvalue weighted by Crippen LogP contribution is 2.31. The van der Waals surface area contributed by atoms with E-state index in [1.54, 1.807) is 25.9 Å². The lowest BCUT2D eigenvalue weighted by Gasteiger charge is -2.15. The summed E-state index contributed by atoms with van der Waals surface area (Å²) in [5.74, 6) is 1.36. The van der Waals surface area contributed by atoms with Crippen LogP contribution in [0.5, 0.6) is 0 Å². The monoisotopic (exact) mass is 280 g/mol. The summed E-state index contributed by atoms with van der Waals surface area (Å²) in [7, 11) is 3.41. The molecule has 0 saturated heterocycles. The van der Waals surface area contributed by atoms with Crippen molar-refractivity contribution in [2.75, 3.05) is 11.9 Å². The molecule has 20 heavy (non-hydrogen) atoms. The highest BCUT2D eigenvalue weighted by Gasteiger charge is 2.28. The highest BCUT2D eigenvalue weighted by molar-refractivity contribution is 5.61. The quantitative estimate of drug-likeness (QED) is 0.599. The zero-order valence-corrected chi connectivity index (χ0v) is 11.8. The lowest BCUT2D eigenvalue weighted by atomic mass is 10.3. The van der Waals surface area contributed by atoms with E-state index in [2.05, 4.69) is 15.2 Å². The summed E-state index contributed by atoms with van der Waals surface area (Å²) in [6.45, 7) is 3.83. The minimum absolute atomic E-state index is 0.0257. The molecule has 0 fully saturated rings. The third kappa shape index (κ3) is 2.46. The molecule has 0 aromatic carbocycles. The molecule has 0 amide bonds. The molecular formula is C11H16N6O3. The Hall–Kier alpha value is -2.45. The number of aryl methyl sites for hydroxylation is 3. The van der Waals surface area contributed by atoms with Crippen molar-refractivity contribution >= 4 is 11.5 Å². The van der Waals surface area contributed by atoms with Crippen molar-refractivity contribution in [3.8, 4) is 0 Å². The fourth-order valence-electron chi connectivity index (χ4n) is 2.10. The first kappa shape index (κ1) is 14.0. The maximum atomic E-state index is 11.3. The fourth-order valence-corrected chi connectivity index (χ4v) is 2.10. The SMILES string of the molecule is CCc1nn(C)c(N(C)Cc2noc(C)n2)c1[N+](=O)[O-]. The molecular weight excluding hydrogens is 264 g/mol. The van der Waals surface area contributed by atoms with Gasteiger partial charge in [-0.15, -0.1) is 0 Å². The van der Waals surface area contributed by atoms with Crippen LogP contribution in [0.4, 0.5) is 11.5 Å². The van der Waals surface area contributed by atoms with Gasteiger partial charge in [-0.1, -0.05) is 12.1 Å². The van der Waals surface area contributed by atoms with E-state index in [4.69, 9.17) is 4.52 Å². The first-order valence-electron chi connectivity index (χ1n) is 6.14. The van der Waals surface area contributed by atoms with Crippen LogP contribution in [0.2, 0.25) is 0 Å². The number of hydrogen-bond acceptors (Lipinski definition) is 7. The third-order valence-electron chi connectivity index (χ3n) is 2.89. The Balaban J connectivity index is 2.36. The molecule has 0 unspecified atom stereocenters. The Morgan fingerprint density at radius 3 is 2.70 bits per heavy atom. The Bertz CT molecular complexity index is 632. The standard InChI is InChI=1S/C11H16N6O3/c1-5-8-10(17(18)19)11(16(4)13-8)15(3)6-9-12-7(2)20-14-9/h5-6H2,1-4H3. The van der Waals surface area contributed by atoms with Crippen molar-refractivity contribution in [3.05, 3.63) is 27.5 Å². The second-order valence-corrected chi connectivity index (χ2v) is 4.44. The van der Waals surface area contributed by atoms with Gasteiger partial charge < -0.3 is 9.42 Å². The zero-order valence-electron chi connectivity index (χ0n) is 11.8. The smallest absolute Gasteiger partial charge is 0.334 e. The predicted molar refractivity (Wildman–Crippen MR) is 70.4 cm³/mol. The van der Waals surface area contributed by atoms with E-state index in [1.165, 1.54) is 4.68 Å². The molecule has 0 saturated carbocycles. The third-order valence-corrected chi connectivity index (χ3v) is 2.89. The van der Waals surface area contributed by atoms with Gasteiger partial charge in [0.25, 0.3) is 0 Å². The summed E-state index contributed by atoms with van der Waals surface area (Å²) < 4.78 is 6.40. The summed E-state index contributed by atoms with van der Waals surface area (Å²) in [5, 5.41) is 19.2. The minimum atomic E-state index is -0.404. The van der Waals surface area contributed by atoms with Crippen LogP contribution in [0, 0.1) is 17.0 Å². The second-order valence-electron chi connectivity index (χ2n) is 4.44. The molecule has 0 spiro atoms. The van der Waals surface area contributed by atoms with Crippen LogP contribution in [0.25, 0.3) is 0 Å². The molecule has 2 heterocycles. The average Bonchev–Trinajstić information content (AvgIpc) is 2.92. The molecule has 9 nitrogen and oxygen atoms in total. The molecule has 0 radical (unpaired) electrons. The second kappa shape index (κ2) is 5.27. The van der Waals surface area contributed by atoms with Gasteiger partial charge in [0, 0.05) is 21.0 Å². The molecule has 0 aliphatic carbocycles. The predicted octanol–water partition coefficient (Wildman–Crippen LogP) is 1.22. The van der Waals surface area contributed by atoms with Crippen molar-refractivity contribution in [1.29, 1.82) is 0 Å². The molecule has 9 heteroatoms. The zero-order chi connectivity index (χ0) is 14.9. The fraction of sp³-hybridized carbons (Fsp3) is 0.545. The van der Waals surface area contributed by atoms with E-state index in [0.717, 1.165) is 0 Å². The van der Waals surface area contributed by atoms with Crippen LogP contribution >= 0.6 is 0 Å². The normalized spacial score (nSPS) is 10.8. The van der Waals surface area contributed by atoms with Gasteiger partial charge in [0.2, 0.25) is 11.7 Å². The molecule has 0 aliphatic rings. The van der Waals surface area contributed by atoms with Crippen LogP contribution in [0.1, 0.15) is 24.3 Å². The number of anilines is 1. The van der Waals surface area contributed by atoms with Gasteiger partial charge in [-0.05, 0) is 6.42 Å². The average molecular weight is 280 g/mol. The minimum Gasteiger partial charge on any atom is -0.346 e. The Morgan fingerprint density at radius 2 is 2.20 bits per heavy atom. The van der Waals surface area contributed by atoms with E-state index in [1.807, 2.05) is 6.92 Å². The van der Waals surface area contributed by atoms with E-state index in [9.17, 15) is 10.1 Å². The molecule has 2 rings (SSSR count). The van der Waals surface area contributed by atoms with Gasteiger partial charge in [0.05, 0.1) is 11.5 Å². The highest BCUT2D eigenvalue weighted by atomic mass is 16.6. The summed E-state index contributed by atoms with van der Waals surface area (Å²) >= 11 is 0. The first-order chi connectivity index (χ1) is 9.43. The van der Waals surface area contributed by atoms with Gasteiger partial charge in [0.15, 0.2) is 5.82 Å². The van der Waals surface area contributed by atoms with Gasteiger partial charge in [-0.2, -0.15) is 10.1 Å². The number of hydrogen-bond donors (Lipinski definition) is 0. The van der Waals surface area contributed by atoms with E-state index < -0.39 is 4.92 Å². The molecule has 2 aromatic rings. The van der Waals surface area contributed by atoms with Crippen molar-refractivity contribution in [2.24, 2.45) is 7.05 Å². The van der Waals surface area contributed by atoms with Crippen molar-refractivity contribution < 1.29 is 9.45 Å². The molecule has 0 aliphatic heterocycles. The molecule has 108 valence electrons. The summed E-state index contributed by atoms with van der Waals surface area (Å²) in [4.78, 5) is 16.6. The van der Waals surface area contributed by atoms with Crippen LogP contribution in [0.15, 0.2) is 4.52 Å². The van der Waals surface area contributed by atoms with Gasteiger partial charge in [0.1, 0.15) is 5.69 Å². The topological polar surface area (TPSA) is 103 Å². The van der Waals surface area contributed by atoms with E-state index in [0.29, 0.717) is 36.2 Å². The number of nitrogens with zero attached hydrogens (tertiary/aromatic N) is 6. The molecule has 2 aromatic heterocycles. The van der Waals surface area contributed by atoms with Crippen LogP contribution in [0.3, 0.4) is 0 Å². The van der Waals surface area contributed by atoms with Crippen molar-refractivity contribution in [1.82, 2.24) is 19.9 Å². The first-order valence-corrected chi connectivity index (χ1v) is 6.14. The van der Waals surface area contributed by atoms with Gasteiger partial charge in [-0.25, -0.2) is 4.68 Å². The Kier molecular flexibility index (Phi) is 3.68. The van der Waals surface area contributed by atoms with Crippen LogP contribution < -0.4 is 4.90 Å². The maximum absolute atomic E-state index is 11.3. The maximum Gasteiger partial charge on any atom is 0.334 e. The van der Waals surface area contributed by atoms with E-state index in [-0.39, 0.29) is 5.69 Å². The number of aromatic nitrogens is 4. The van der Waals surface area contributed by atoms with Crippen LogP contribution in [-0.4, -0.2) is 31.9 Å². The summed E-state index contributed by atoms with van der Waals surface area (Å²) in [6.07, 6.45) is 0.499. The molecule has 0 atom stereocenters. The van der Waals surface area contributed by atoms with Crippen molar-refractivity contribution in [2.45, 2.75) is 26.8 Å². The lowest BCUT2D eigenvalue weighted by Crippen LogP contribution is -2.21. The molecule has 0 bridgehead atoms. The number of rotatable bonds is 5. The van der Waals surface area contributed by atoms with Gasteiger partial charge in [-0.3, -0.25) is 10.1 Å². The Labute approximate surface area is 115 Å².